The Kier molecular flexibility index (Phi) is 6.09. The Labute approximate surface area is 228 Å². The number of benzene rings is 1. The molecular weight excluding hydrogens is 509 g/mol. The maximum Gasteiger partial charge on any atom is 0.155 e. The van der Waals surface area contributed by atoms with E-state index >= 15 is 0 Å². The second-order valence-corrected chi connectivity index (χ2v) is 9.85. The standard InChI is InChI=1S/C30H26FN7O2/c1-39-22-9-17(8-20(31)12-22)28-24-13-27(36-26(24)4-7-34-28)29-25-11-19(15-35-30(25)38-37-29)18-10-23(16-33-14-18)40-21-2-5-32-6-3-21/h4,7-16,21,32,36H,2-3,5-6H2,1H3,(H,35,37,38). The molecule has 1 aliphatic rings. The van der Waals surface area contributed by atoms with Gasteiger partial charge < -0.3 is 19.8 Å². The van der Waals surface area contributed by atoms with Gasteiger partial charge in [0.25, 0.3) is 0 Å². The Bertz CT molecular complexity index is 1840. The highest BCUT2D eigenvalue weighted by Crippen LogP contribution is 2.35. The first kappa shape index (κ1) is 24.2. The van der Waals surface area contributed by atoms with E-state index in [0.717, 1.165) is 70.5 Å². The highest BCUT2D eigenvalue weighted by Gasteiger charge is 2.18. The van der Waals surface area contributed by atoms with Crippen molar-refractivity contribution in [3.05, 3.63) is 73.1 Å². The molecule has 0 saturated carbocycles. The van der Waals surface area contributed by atoms with Crippen molar-refractivity contribution in [3.8, 4) is 45.3 Å². The molecule has 9 nitrogen and oxygen atoms in total. The molecule has 1 fully saturated rings. The zero-order valence-corrected chi connectivity index (χ0v) is 21.7. The molecule has 0 bridgehead atoms. The fourth-order valence-electron chi connectivity index (χ4n) is 5.24. The first-order valence-electron chi connectivity index (χ1n) is 13.1. The topological polar surface area (TPSA) is 114 Å². The van der Waals surface area contributed by atoms with Gasteiger partial charge in [-0.1, -0.05) is 0 Å². The highest BCUT2D eigenvalue weighted by atomic mass is 19.1. The third kappa shape index (κ3) is 4.52. The van der Waals surface area contributed by atoms with E-state index in [1.165, 1.54) is 19.2 Å². The van der Waals surface area contributed by atoms with Crippen LogP contribution in [0.4, 0.5) is 4.39 Å². The van der Waals surface area contributed by atoms with Crippen molar-refractivity contribution in [1.82, 2.24) is 35.5 Å². The van der Waals surface area contributed by atoms with Gasteiger partial charge >= 0.3 is 0 Å². The number of aromatic nitrogens is 6. The van der Waals surface area contributed by atoms with Crippen LogP contribution in [0, 0.1) is 5.82 Å². The van der Waals surface area contributed by atoms with Crippen LogP contribution in [0.25, 0.3) is 55.7 Å². The number of methoxy groups -OCH3 is 1. The number of ether oxygens (including phenoxy) is 2. The third-order valence-corrected chi connectivity index (χ3v) is 7.24. The Morgan fingerprint density at radius 1 is 0.850 bits per heavy atom. The third-order valence-electron chi connectivity index (χ3n) is 7.24. The number of nitrogens with zero attached hydrogens (tertiary/aromatic N) is 4. The maximum absolute atomic E-state index is 14.3. The van der Waals surface area contributed by atoms with Gasteiger partial charge in [0, 0.05) is 57.6 Å². The number of rotatable bonds is 6. The van der Waals surface area contributed by atoms with Gasteiger partial charge in [-0.15, -0.1) is 0 Å². The van der Waals surface area contributed by atoms with Crippen LogP contribution in [-0.2, 0) is 0 Å². The minimum absolute atomic E-state index is 0.189. The molecule has 5 aromatic heterocycles. The van der Waals surface area contributed by atoms with E-state index in [0.29, 0.717) is 22.7 Å². The monoisotopic (exact) mass is 535 g/mol. The van der Waals surface area contributed by atoms with E-state index in [2.05, 4.69) is 41.5 Å². The molecule has 40 heavy (non-hydrogen) atoms. The summed E-state index contributed by atoms with van der Waals surface area (Å²) in [5.41, 5.74) is 6.13. The van der Waals surface area contributed by atoms with Gasteiger partial charge in [-0.25, -0.2) is 9.37 Å². The summed E-state index contributed by atoms with van der Waals surface area (Å²) >= 11 is 0. The minimum Gasteiger partial charge on any atom is -0.497 e. The van der Waals surface area contributed by atoms with Gasteiger partial charge in [0.15, 0.2) is 5.65 Å². The van der Waals surface area contributed by atoms with Crippen molar-refractivity contribution in [2.75, 3.05) is 20.2 Å². The number of halogens is 1. The lowest BCUT2D eigenvalue weighted by molar-refractivity contribution is 0.162. The summed E-state index contributed by atoms with van der Waals surface area (Å²) < 4.78 is 25.7. The molecule has 0 amide bonds. The zero-order valence-electron chi connectivity index (χ0n) is 21.7. The van der Waals surface area contributed by atoms with E-state index in [4.69, 9.17) is 9.47 Å². The van der Waals surface area contributed by atoms with Crippen LogP contribution in [0.15, 0.2) is 67.3 Å². The van der Waals surface area contributed by atoms with Crippen LogP contribution in [0.2, 0.25) is 0 Å². The van der Waals surface area contributed by atoms with Crippen molar-refractivity contribution >= 4 is 21.9 Å². The van der Waals surface area contributed by atoms with Crippen molar-refractivity contribution in [1.29, 1.82) is 0 Å². The van der Waals surface area contributed by atoms with Crippen molar-refractivity contribution in [2.45, 2.75) is 18.9 Å². The van der Waals surface area contributed by atoms with Gasteiger partial charge in [-0.05, 0) is 62.3 Å². The molecule has 0 spiro atoms. The zero-order chi connectivity index (χ0) is 27.1. The Morgan fingerprint density at radius 3 is 2.58 bits per heavy atom. The Hall–Kier alpha value is -4.83. The predicted octanol–water partition coefficient (Wildman–Crippen LogP) is 5.51. The summed E-state index contributed by atoms with van der Waals surface area (Å²) in [6.45, 7) is 1.92. The van der Waals surface area contributed by atoms with E-state index in [1.54, 1.807) is 24.7 Å². The molecule has 0 atom stereocenters. The minimum atomic E-state index is -0.388. The number of H-pyrrole nitrogens is 2. The number of hydrogen-bond acceptors (Lipinski definition) is 7. The highest BCUT2D eigenvalue weighted by molar-refractivity contribution is 6.00. The van der Waals surface area contributed by atoms with Crippen molar-refractivity contribution < 1.29 is 13.9 Å². The lowest BCUT2D eigenvalue weighted by Crippen LogP contribution is -2.34. The summed E-state index contributed by atoms with van der Waals surface area (Å²) in [6.07, 6.45) is 9.21. The Balaban J connectivity index is 1.26. The van der Waals surface area contributed by atoms with Gasteiger partial charge in [0.05, 0.1) is 24.7 Å². The fourth-order valence-corrected chi connectivity index (χ4v) is 5.24. The van der Waals surface area contributed by atoms with E-state index < -0.39 is 0 Å². The average Bonchev–Trinajstić information content (AvgIpc) is 3.61. The van der Waals surface area contributed by atoms with Crippen LogP contribution in [0.3, 0.4) is 0 Å². The number of fused-ring (bicyclic) bond motifs is 2. The van der Waals surface area contributed by atoms with Crippen molar-refractivity contribution in [2.24, 2.45) is 0 Å². The molecule has 1 saturated heterocycles. The van der Waals surface area contributed by atoms with E-state index in [9.17, 15) is 4.39 Å². The molecule has 6 aromatic rings. The first-order chi connectivity index (χ1) is 19.6. The SMILES string of the molecule is COc1cc(F)cc(-c2nccc3[nH]c(-c4n[nH]c5ncc(-c6cncc(OC7CCNCC7)c6)cc45)cc23)c1. The molecule has 200 valence electrons. The second-order valence-electron chi connectivity index (χ2n) is 9.85. The molecule has 10 heteroatoms. The quantitative estimate of drug-likeness (QED) is 0.258. The number of nitrogens with one attached hydrogen (secondary N) is 3. The molecule has 7 rings (SSSR count). The number of hydrogen-bond donors (Lipinski definition) is 3. The molecule has 6 heterocycles. The van der Waals surface area contributed by atoms with E-state index in [-0.39, 0.29) is 11.9 Å². The largest absolute Gasteiger partial charge is 0.497 e. The lowest BCUT2D eigenvalue weighted by Gasteiger charge is -2.23. The van der Waals surface area contributed by atoms with Crippen LogP contribution < -0.4 is 14.8 Å². The summed E-state index contributed by atoms with van der Waals surface area (Å²) in [6, 6.07) is 12.5. The van der Waals surface area contributed by atoms with Gasteiger partial charge in [-0.3, -0.25) is 15.1 Å². The normalized spacial score (nSPS) is 14.2. The first-order valence-corrected chi connectivity index (χ1v) is 13.1. The summed E-state index contributed by atoms with van der Waals surface area (Å²) in [5.74, 6) is 0.795. The van der Waals surface area contributed by atoms with Crippen LogP contribution in [-0.4, -0.2) is 56.4 Å². The number of pyridine rings is 3. The number of aromatic amines is 2. The fraction of sp³-hybridized carbons (Fsp3) is 0.200. The maximum atomic E-state index is 14.3. The van der Waals surface area contributed by atoms with Gasteiger partial charge in [0.1, 0.15) is 29.1 Å². The smallest absolute Gasteiger partial charge is 0.155 e. The lowest BCUT2D eigenvalue weighted by atomic mass is 10.1. The van der Waals surface area contributed by atoms with Crippen molar-refractivity contribution in [3.63, 3.8) is 0 Å². The second kappa shape index (κ2) is 10.0. The summed E-state index contributed by atoms with van der Waals surface area (Å²) in [4.78, 5) is 17.0. The molecule has 1 aliphatic heterocycles. The molecule has 1 aromatic carbocycles. The van der Waals surface area contributed by atoms with Gasteiger partial charge in [-0.2, -0.15) is 5.10 Å². The van der Waals surface area contributed by atoms with Crippen LogP contribution in [0.1, 0.15) is 12.8 Å². The molecule has 3 N–H and O–H groups in total. The van der Waals surface area contributed by atoms with E-state index in [1.807, 2.05) is 24.4 Å². The average molecular weight is 536 g/mol. The van der Waals surface area contributed by atoms with Crippen LogP contribution in [0.5, 0.6) is 11.5 Å². The van der Waals surface area contributed by atoms with Crippen LogP contribution >= 0.6 is 0 Å². The number of piperidine rings is 1. The summed E-state index contributed by atoms with van der Waals surface area (Å²) in [7, 11) is 1.51. The molecule has 0 radical (unpaired) electrons. The summed E-state index contributed by atoms with van der Waals surface area (Å²) in [5, 5.41) is 12.7. The molecule has 0 aliphatic carbocycles. The van der Waals surface area contributed by atoms with Gasteiger partial charge in [0.2, 0.25) is 0 Å². The molecular formula is C30H26FN7O2. The Morgan fingerprint density at radius 2 is 1.70 bits per heavy atom. The predicted molar refractivity (Wildman–Crippen MR) is 151 cm³/mol. The molecule has 0 unspecified atom stereocenters.